The molecule has 3 heteroatoms. The lowest BCUT2D eigenvalue weighted by molar-refractivity contribution is 0.664. The summed E-state index contributed by atoms with van der Waals surface area (Å²) in [4.78, 5) is 2.71. The molecule has 0 saturated heterocycles. The fourth-order valence-corrected chi connectivity index (χ4v) is 2.99. The number of aryl methyl sites for hydroxylation is 1. The Morgan fingerprint density at radius 3 is 2.65 bits per heavy atom. The van der Waals surface area contributed by atoms with Crippen LogP contribution >= 0.6 is 27.3 Å². The molecule has 0 fully saturated rings. The van der Waals surface area contributed by atoms with Gasteiger partial charge in [0.15, 0.2) is 0 Å². The quantitative estimate of drug-likeness (QED) is 0.861. The van der Waals surface area contributed by atoms with Crippen molar-refractivity contribution in [2.45, 2.75) is 19.9 Å². The Balaban J connectivity index is 2.33. The van der Waals surface area contributed by atoms with Gasteiger partial charge in [0, 0.05) is 20.3 Å². The predicted molar refractivity (Wildman–Crippen MR) is 79.7 cm³/mol. The van der Waals surface area contributed by atoms with Gasteiger partial charge in [-0.3, -0.25) is 0 Å². The summed E-state index contributed by atoms with van der Waals surface area (Å²) in [5, 5.41) is 3.27. The molecule has 1 aromatic carbocycles. The summed E-state index contributed by atoms with van der Waals surface area (Å²) >= 11 is 5.39. The molecular formula is C14H16BrNS. The lowest BCUT2D eigenvalue weighted by atomic mass is 10.1. The molecule has 90 valence electrons. The summed E-state index contributed by atoms with van der Waals surface area (Å²) in [6.45, 7) is 4.31. The van der Waals surface area contributed by atoms with Gasteiger partial charge in [0.05, 0.1) is 0 Å². The number of rotatable bonds is 3. The SMILES string of the molecule is CNC(C)c1ccc(-c2ccc(Br)c(C)c2)s1. The van der Waals surface area contributed by atoms with Crippen molar-refractivity contribution in [3.05, 3.63) is 45.2 Å². The molecule has 0 aliphatic rings. The van der Waals surface area contributed by atoms with Crippen molar-refractivity contribution in [3.63, 3.8) is 0 Å². The molecule has 1 heterocycles. The Morgan fingerprint density at radius 2 is 2.00 bits per heavy atom. The summed E-state index contributed by atoms with van der Waals surface area (Å²) in [5.74, 6) is 0. The van der Waals surface area contributed by atoms with E-state index < -0.39 is 0 Å². The number of nitrogens with one attached hydrogen (secondary N) is 1. The van der Waals surface area contributed by atoms with Gasteiger partial charge >= 0.3 is 0 Å². The highest BCUT2D eigenvalue weighted by Crippen LogP contribution is 2.32. The number of thiophene rings is 1. The zero-order valence-corrected chi connectivity index (χ0v) is 12.7. The van der Waals surface area contributed by atoms with Gasteiger partial charge in [-0.15, -0.1) is 11.3 Å². The highest BCUT2D eigenvalue weighted by molar-refractivity contribution is 9.10. The molecule has 1 unspecified atom stereocenters. The topological polar surface area (TPSA) is 12.0 Å². The van der Waals surface area contributed by atoms with Crippen LogP contribution in [0.5, 0.6) is 0 Å². The lowest BCUT2D eigenvalue weighted by Gasteiger charge is -2.06. The molecule has 0 spiro atoms. The highest BCUT2D eigenvalue weighted by atomic mass is 79.9. The van der Waals surface area contributed by atoms with Gasteiger partial charge in [-0.25, -0.2) is 0 Å². The van der Waals surface area contributed by atoms with E-state index in [2.05, 4.69) is 65.4 Å². The number of hydrogen-bond acceptors (Lipinski definition) is 2. The Hall–Kier alpha value is -0.640. The number of halogens is 1. The molecule has 0 bridgehead atoms. The fourth-order valence-electron chi connectivity index (χ4n) is 1.68. The van der Waals surface area contributed by atoms with Gasteiger partial charge in [-0.2, -0.15) is 0 Å². The van der Waals surface area contributed by atoms with Gasteiger partial charge in [0.1, 0.15) is 0 Å². The third-order valence-corrected chi connectivity index (χ3v) is 5.14. The first-order valence-electron chi connectivity index (χ1n) is 5.65. The first-order valence-corrected chi connectivity index (χ1v) is 7.26. The maximum absolute atomic E-state index is 3.53. The Morgan fingerprint density at radius 1 is 1.24 bits per heavy atom. The fraction of sp³-hybridized carbons (Fsp3) is 0.286. The molecular weight excluding hydrogens is 294 g/mol. The predicted octanol–water partition coefficient (Wildman–Crippen LogP) is 4.77. The summed E-state index contributed by atoms with van der Waals surface area (Å²) in [7, 11) is 1.99. The standard InChI is InChI=1S/C14H16BrNS/c1-9-8-11(4-5-12(9)15)14-7-6-13(17-14)10(2)16-3/h4-8,10,16H,1-3H3. The van der Waals surface area contributed by atoms with E-state index in [1.807, 2.05) is 18.4 Å². The highest BCUT2D eigenvalue weighted by Gasteiger charge is 2.08. The van der Waals surface area contributed by atoms with E-state index in [0.29, 0.717) is 6.04 Å². The van der Waals surface area contributed by atoms with Crippen molar-refractivity contribution in [1.82, 2.24) is 5.32 Å². The van der Waals surface area contributed by atoms with Crippen LogP contribution in [0.4, 0.5) is 0 Å². The van der Waals surface area contributed by atoms with E-state index in [1.54, 1.807) is 0 Å². The van der Waals surface area contributed by atoms with Crippen molar-refractivity contribution in [2.24, 2.45) is 0 Å². The smallest absolute Gasteiger partial charge is 0.0383 e. The molecule has 2 aromatic rings. The first kappa shape index (κ1) is 12.8. The average molecular weight is 310 g/mol. The van der Waals surface area contributed by atoms with Crippen LogP contribution in [0.15, 0.2) is 34.8 Å². The number of benzene rings is 1. The van der Waals surface area contributed by atoms with Gasteiger partial charge in [0.25, 0.3) is 0 Å². The molecule has 1 nitrogen and oxygen atoms in total. The van der Waals surface area contributed by atoms with E-state index in [4.69, 9.17) is 0 Å². The molecule has 1 N–H and O–H groups in total. The molecule has 2 rings (SSSR count). The largest absolute Gasteiger partial charge is 0.313 e. The summed E-state index contributed by atoms with van der Waals surface area (Å²) < 4.78 is 1.17. The van der Waals surface area contributed by atoms with E-state index in [0.717, 1.165) is 0 Å². The molecule has 0 aliphatic heterocycles. The van der Waals surface area contributed by atoms with Crippen molar-refractivity contribution in [1.29, 1.82) is 0 Å². The van der Waals surface area contributed by atoms with Crippen molar-refractivity contribution < 1.29 is 0 Å². The molecule has 0 amide bonds. The maximum Gasteiger partial charge on any atom is 0.0383 e. The van der Waals surface area contributed by atoms with Crippen LogP contribution in [0.1, 0.15) is 23.4 Å². The zero-order valence-electron chi connectivity index (χ0n) is 10.3. The second-order valence-corrected chi connectivity index (χ2v) is 6.15. The van der Waals surface area contributed by atoms with Crippen molar-refractivity contribution in [3.8, 4) is 10.4 Å². The minimum absolute atomic E-state index is 0.422. The molecule has 1 aromatic heterocycles. The van der Waals surface area contributed by atoms with Crippen LogP contribution in [0.2, 0.25) is 0 Å². The molecule has 0 saturated carbocycles. The third-order valence-electron chi connectivity index (χ3n) is 2.93. The Labute approximate surface area is 115 Å². The normalized spacial score (nSPS) is 12.7. The summed E-state index contributed by atoms with van der Waals surface area (Å²) in [6, 6.07) is 11.3. The van der Waals surface area contributed by atoms with Gasteiger partial charge in [-0.1, -0.05) is 22.0 Å². The second-order valence-electron chi connectivity index (χ2n) is 4.18. The van der Waals surface area contributed by atoms with Crippen molar-refractivity contribution >= 4 is 27.3 Å². The van der Waals surface area contributed by atoms with Crippen LogP contribution in [-0.4, -0.2) is 7.05 Å². The van der Waals surface area contributed by atoms with Crippen LogP contribution in [0, 0.1) is 6.92 Å². The lowest BCUT2D eigenvalue weighted by Crippen LogP contribution is -2.10. The van der Waals surface area contributed by atoms with Crippen LogP contribution in [0.3, 0.4) is 0 Å². The van der Waals surface area contributed by atoms with Crippen LogP contribution in [0.25, 0.3) is 10.4 Å². The minimum atomic E-state index is 0.422. The molecule has 0 radical (unpaired) electrons. The average Bonchev–Trinajstić information content (AvgIpc) is 2.81. The third kappa shape index (κ3) is 2.79. The van der Waals surface area contributed by atoms with Crippen LogP contribution in [-0.2, 0) is 0 Å². The van der Waals surface area contributed by atoms with E-state index >= 15 is 0 Å². The zero-order chi connectivity index (χ0) is 12.4. The first-order chi connectivity index (χ1) is 8.11. The molecule has 0 aliphatic carbocycles. The Bertz CT molecular complexity index is 519. The Kier molecular flexibility index (Phi) is 4.02. The summed E-state index contributed by atoms with van der Waals surface area (Å²) in [6.07, 6.45) is 0. The van der Waals surface area contributed by atoms with Crippen LogP contribution < -0.4 is 5.32 Å². The van der Waals surface area contributed by atoms with Crippen molar-refractivity contribution in [2.75, 3.05) is 7.05 Å². The van der Waals surface area contributed by atoms with Gasteiger partial charge in [-0.05, 0) is 56.3 Å². The monoisotopic (exact) mass is 309 g/mol. The van der Waals surface area contributed by atoms with E-state index in [1.165, 1.54) is 25.4 Å². The molecule has 17 heavy (non-hydrogen) atoms. The minimum Gasteiger partial charge on any atom is -0.313 e. The second kappa shape index (κ2) is 5.34. The van der Waals surface area contributed by atoms with Gasteiger partial charge in [0.2, 0.25) is 0 Å². The van der Waals surface area contributed by atoms with E-state index in [9.17, 15) is 0 Å². The van der Waals surface area contributed by atoms with Gasteiger partial charge < -0.3 is 5.32 Å². The molecule has 1 atom stereocenters. The summed E-state index contributed by atoms with van der Waals surface area (Å²) in [5.41, 5.74) is 2.57. The number of hydrogen-bond donors (Lipinski definition) is 1. The maximum atomic E-state index is 3.53. The van der Waals surface area contributed by atoms with E-state index in [-0.39, 0.29) is 0 Å².